The monoisotopic (exact) mass is 317 g/mol. The maximum atomic E-state index is 12.2. The number of carbonyl (C=O) groups excluding carboxylic acids is 2. The van der Waals surface area contributed by atoms with Crippen LogP contribution in [0.15, 0.2) is 24.3 Å². The first-order valence-corrected chi connectivity index (χ1v) is 8.09. The number of hydrogen-bond donors (Lipinski definition) is 1. The van der Waals surface area contributed by atoms with Crippen LogP contribution in [-0.4, -0.2) is 29.8 Å². The highest BCUT2D eigenvalue weighted by Gasteiger charge is 2.21. The lowest BCUT2D eigenvalue weighted by molar-refractivity contribution is -0.126. The second-order valence-electron chi connectivity index (χ2n) is 6.18. The summed E-state index contributed by atoms with van der Waals surface area (Å²) in [6.45, 7) is 0. The van der Waals surface area contributed by atoms with Crippen LogP contribution in [0.1, 0.15) is 55.3 Å². The van der Waals surface area contributed by atoms with E-state index in [9.17, 15) is 19.5 Å². The van der Waals surface area contributed by atoms with Crippen LogP contribution in [0.4, 0.5) is 5.69 Å². The topological polar surface area (TPSA) is 74.7 Å². The van der Waals surface area contributed by atoms with Crippen molar-refractivity contribution in [2.45, 2.75) is 44.9 Å². The predicted octanol–water partition coefficient (Wildman–Crippen LogP) is 3.28. The summed E-state index contributed by atoms with van der Waals surface area (Å²) in [6.07, 6.45) is 5.99. The summed E-state index contributed by atoms with van der Waals surface area (Å²) in [5.41, 5.74) is 0.371. The lowest BCUT2D eigenvalue weighted by Gasteiger charge is -2.19. The van der Waals surface area contributed by atoms with Gasteiger partial charge in [0.2, 0.25) is 5.91 Å². The maximum absolute atomic E-state index is 12.2. The van der Waals surface area contributed by atoms with Gasteiger partial charge in [0.05, 0.1) is 17.7 Å². The average Bonchev–Trinajstić information content (AvgIpc) is 3.05. The number of carbonyl (C=O) groups is 3. The first-order valence-electron chi connectivity index (χ1n) is 8.09. The van der Waals surface area contributed by atoms with Gasteiger partial charge in [0.25, 0.3) is 0 Å². The van der Waals surface area contributed by atoms with Crippen molar-refractivity contribution in [1.82, 2.24) is 0 Å². The Morgan fingerprint density at radius 2 is 1.83 bits per heavy atom. The third-order valence-electron chi connectivity index (χ3n) is 4.52. The molecule has 0 atom stereocenters. The number of carboxylic acid groups (broad SMARTS) is 1. The number of benzene rings is 1. The maximum Gasteiger partial charge on any atom is 0.337 e. The summed E-state index contributed by atoms with van der Waals surface area (Å²) < 4.78 is 0. The lowest BCUT2D eigenvalue weighted by Crippen LogP contribution is -2.29. The second kappa shape index (κ2) is 7.90. The van der Waals surface area contributed by atoms with Crippen molar-refractivity contribution in [3.8, 4) is 0 Å². The van der Waals surface area contributed by atoms with E-state index < -0.39 is 5.97 Å². The molecule has 5 nitrogen and oxygen atoms in total. The van der Waals surface area contributed by atoms with E-state index in [4.69, 9.17) is 0 Å². The number of anilines is 1. The Morgan fingerprint density at radius 3 is 2.48 bits per heavy atom. The number of nitrogens with zero attached hydrogens (tertiary/aromatic N) is 1. The van der Waals surface area contributed by atoms with Gasteiger partial charge >= 0.3 is 5.97 Å². The van der Waals surface area contributed by atoms with Crippen LogP contribution >= 0.6 is 0 Å². The van der Waals surface area contributed by atoms with E-state index in [-0.39, 0.29) is 23.7 Å². The first kappa shape index (κ1) is 17.2. The molecule has 1 amide bonds. The minimum absolute atomic E-state index is 0.0572. The zero-order chi connectivity index (χ0) is 16.8. The van der Waals surface area contributed by atoms with Gasteiger partial charge in [-0.15, -0.1) is 0 Å². The fourth-order valence-corrected chi connectivity index (χ4v) is 3.12. The molecule has 0 aromatic heterocycles. The number of aromatic carboxylic acids is 1. The minimum atomic E-state index is -1.09. The molecule has 1 aromatic carbocycles. The van der Waals surface area contributed by atoms with Crippen molar-refractivity contribution in [1.29, 1.82) is 0 Å². The Kier molecular flexibility index (Phi) is 5.90. The van der Waals surface area contributed by atoms with Crippen LogP contribution in [0.25, 0.3) is 0 Å². The van der Waals surface area contributed by atoms with E-state index in [0.29, 0.717) is 18.0 Å². The number of para-hydroxylation sites is 1. The van der Waals surface area contributed by atoms with Gasteiger partial charge in [-0.3, -0.25) is 9.59 Å². The van der Waals surface area contributed by atoms with E-state index in [1.54, 1.807) is 18.2 Å². The van der Waals surface area contributed by atoms with Crippen molar-refractivity contribution in [2.75, 3.05) is 11.9 Å². The Balaban J connectivity index is 1.91. The van der Waals surface area contributed by atoms with E-state index in [0.717, 1.165) is 6.42 Å². The van der Waals surface area contributed by atoms with Crippen LogP contribution in [-0.2, 0) is 9.59 Å². The van der Waals surface area contributed by atoms with Crippen LogP contribution in [0, 0.1) is 5.92 Å². The molecule has 1 fully saturated rings. The van der Waals surface area contributed by atoms with E-state index in [1.807, 2.05) is 0 Å². The lowest BCUT2D eigenvalue weighted by atomic mass is 9.99. The van der Waals surface area contributed by atoms with Crippen molar-refractivity contribution in [3.05, 3.63) is 29.8 Å². The average molecular weight is 317 g/mol. The zero-order valence-electron chi connectivity index (χ0n) is 13.5. The van der Waals surface area contributed by atoms with Gasteiger partial charge in [-0.05, 0) is 24.5 Å². The van der Waals surface area contributed by atoms with Crippen LogP contribution in [0.3, 0.4) is 0 Å². The number of hydrogen-bond acceptors (Lipinski definition) is 3. The number of carboxylic acids is 1. The molecule has 2 rings (SSSR count). The Labute approximate surface area is 136 Å². The van der Waals surface area contributed by atoms with Gasteiger partial charge in [0.15, 0.2) is 0 Å². The molecule has 1 aromatic rings. The van der Waals surface area contributed by atoms with Crippen LogP contribution in [0.5, 0.6) is 0 Å². The van der Waals surface area contributed by atoms with Crippen molar-refractivity contribution in [3.63, 3.8) is 0 Å². The minimum Gasteiger partial charge on any atom is -0.478 e. The van der Waals surface area contributed by atoms with Gasteiger partial charge in [-0.25, -0.2) is 4.79 Å². The highest BCUT2D eigenvalue weighted by Crippen LogP contribution is 2.28. The normalized spacial score (nSPS) is 14.7. The fourth-order valence-electron chi connectivity index (χ4n) is 3.12. The summed E-state index contributed by atoms with van der Waals surface area (Å²) in [7, 11) is 1.51. The molecule has 0 bridgehead atoms. The van der Waals surface area contributed by atoms with Crippen LogP contribution in [0.2, 0.25) is 0 Å². The van der Waals surface area contributed by atoms with Gasteiger partial charge < -0.3 is 10.0 Å². The standard InChI is InChI=1S/C18H23NO4/c1-19(16-9-5-4-8-15(16)18(22)23)17(21)12-14(20)11-10-13-6-2-3-7-13/h4-5,8-9,13H,2-3,6-7,10-12H2,1H3,(H,22,23). The van der Waals surface area contributed by atoms with Crippen molar-refractivity contribution in [2.24, 2.45) is 5.92 Å². The zero-order valence-corrected chi connectivity index (χ0v) is 13.5. The Hall–Kier alpha value is -2.17. The highest BCUT2D eigenvalue weighted by atomic mass is 16.4. The SMILES string of the molecule is CN(C(=O)CC(=O)CCC1CCCC1)c1ccccc1C(=O)O. The molecule has 23 heavy (non-hydrogen) atoms. The summed E-state index contributed by atoms with van der Waals surface area (Å²) in [5.74, 6) is -0.899. The molecular weight excluding hydrogens is 294 g/mol. The third kappa shape index (κ3) is 4.65. The summed E-state index contributed by atoms with van der Waals surface area (Å²) in [4.78, 5) is 36.7. The molecular formula is C18H23NO4. The summed E-state index contributed by atoms with van der Waals surface area (Å²) in [6, 6.07) is 6.30. The number of Topliss-reactive ketones (excluding diaryl/α,β-unsaturated/α-hetero) is 1. The largest absolute Gasteiger partial charge is 0.478 e. The highest BCUT2D eigenvalue weighted by molar-refractivity contribution is 6.08. The van der Waals surface area contributed by atoms with E-state index in [1.165, 1.54) is 43.7 Å². The molecule has 1 saturated carbocycles. The smallest absolute Gasteiger partial charge is 0.337 e. The van der Waals surface area contributed by atoms with Gasteiger partial charge in [-0.2, -0.15) is 0 Å². The van der Waals surface area contributed by atoms with Gasteiger partial charge in [-0.1, -0.05) is 37.8 Å². The number of rotatable bonds is 7. The van der Waals surface area contributed by atoms with E-state index >= 15 is 0 Å². The summed E-state index contributed by atoms with van der Waals surface area (Å²) >= 11 is 0. The Bertz CT molecular complexity index is 590. The molecule has 1 aliphatic rings. The Morgan fingerprint density at radius 1 is 1.17 bits per heavy atom. The molecule has 0 heterocycles. The van der Waals surface area contributed by atoms with E-state index in [2.05, 4.69) is 0 Å². The summed E-state index contributed by atoms with van der Waals surface area (Å²) in [5, 5.41) is 9.18. The molecule has 0 unspecified atom stereocenters. The quantitative estimate of drug-likeness (QED) is 0.783. The van der Waals surface area contributed by atoms with Crippen molar-refractivity contribution >= 4 is 23.3 Å². The third-order valence-corrected chi connectivity index (χ3v) is 4.52. The molecule has 0 saturated heterocycles. The van der Waals surface area contributed by atoms with Gasteiger partial charge in [0.1, 0.15) is 5.78 Å². The van der Waals surface area contributed by atoms with Crippen LogP contribution < -0.4 is 4.90 Å². The molecule has 0 spiro atoms. The molecule has 0 radical (unpaired) electrons. The fraction of sp³-hybridized carbons (Fsp3) is 0.500. The van der Waals surface area contributed by atoms with Crippen molar-refractivity contribution < 1.29 is 19.5 Å². The second-order valence-corrected chi connectivity index (χ2v) is 6.18. The predicted molar refractivity (Wildman–Crippen MR) is 87.6 cm³/mol. The van der Waals surface area contributed by atoms with Gasteiger partial charge in [0, 0.05) is 13.5 Å². The number of amides is 1. The molecule has 5 heteroatoms. The molecule has 1 N–H and O–H groups in total. The molecule has 0 aliphatic heterocycles. The molecule has 124 valence electrons. The molecule has 1 aliphatic carbocycles. The number of ketones is 1. The first-order chi connectivity index (χ1) is 11.0.